The van der Waals surface area contributed by atoms with E-state index in [0.29, 0.717) is 38.9 Å². The largest absolute Gasteiger partial charge is 0.481 e. The van der Waals surface area contributed by atoms with Crippen LogP contribution >= 0.6 is 0 Å². The number of rotatable bonds is 13. The second kappa shape index (κ2) is 13.2. The molecule has 0 bridgehead atoms. The minimum atomic E-state index is -0.813. The third-order valence-electron chi connectivity index (χ3n) is 5.52. The van der Waals surface area contributed by atoms with Gasteiger partial charge in [-0.05, 0) is 37.3 Å². The van der Waals surface area contributed by atoms with E-state index in [1.165, 1.54) is 0 Å². The molecule has 0 aliphatic heterocycles. The number of ether oxygens (including phenoxy) is 1. The Morgan fingerprint density at radius 3 is 2.81 bits per heavy atom. The number of hydrogen-bond donors (Lipinski definition) is 3. The van der Waals surface area contributed by atoms with Gasteiger partial charge in [0.15, 0.2) is 0 Å². The van der Waals surface area contributed by atoms with Gasteiger partial charge in [-0.15, -0.1) is 0 Å². The molecular weight excluding hydrogens is 396 g/mol. The molecule has 0 unspecified atom stereocenters. The van der Waals surface area contributed by atoms with Crippen LogP contribution in [-0.4, -0.2) is 45.9 Å². The van der Waals surface area contributed by atoms with Crippen LogP contribution in [0.15, 0.2) is 48.6 Å². The third-order valence-corrected chi connectivity index (χ3v) is 5.52. The van der Waals surface area contributed by atoms with Crippen LogP contribution in [0.25, 0.3) is 0 Å². The van der Waals surface area contributed by atoms with Crippen molar-refractivity contribution in [1.82, 2.24) is 0 Å². The summed E-state index contributed by atoms with van der Waals surface area (Å²) in [4.78, 5) is 22.8. The summed E-state index contributed by atoms with van der Waals surface area (Å²) >= 11 is 0. The van der Waals surface area contributed by atoms with Gasteiger partial charge in [-0.25, -0.2) is 0 Å². The number of aliphatic carboxylic acids is 1. The van der Waals surface area contributed by atoms with Crippen molar-refractivity contribution in [3.05, 3.63) is 59.7 Å². The van der Waals surface area contributed by atoms with Gasteiger partial charge in [0, 0.05) is 37.7 Å². The zero-order valence-corrected chi connectivity index (χ0v) is 18.2. The number of carboxylic acids is 1. The first-order chi connectivity index (χ1) is 14.9. The fraction of sp³-hybridized carbons (Fsp3) is 0.520. The van der Waals surface area contributed by atoms with E-state index in [9.17, 15) is 19.8 Å². The summed E-state index contributed by atoms with van der Waals surface area (Å²) in [5.41, 5.74) is 2.06. The minimum Gasteiger partial charge on any atom is -0.481 e. The predicted octanol–water partition coefficient (Wildman–Crippen LogP) is 3.45. The lowest BCUT2D eigenvalue weighted by atomic mass is 9.90. The summed E-state index contributed by atoms with van der Waals surface area (Å²) in [5, 5.41) is 29.4. The second-order valence-electron chi connectivity index (χ2n) is 8.03. The summed E-state index contributed by atoms with van der Waals surface area (Å²) in [6.45, 7) is 3.14. The monoisotopic (exact) mass is 430 g/mol. The Morgan fingerprint density at radius 1 is 1.29 bits per heavy atom. The lowest BCUT2D eigenvalue weighted by molar-refractivity contribution is -0.137. The molecular formula is C25H34O6. The van der Waals surface area contributed by atoms with Crippen LogP contribution in [0.2, 0.25) is 0 Å². The number of carboxylic acid groups (broad SMARTS) is 1. The number of aliphatic hydroxyl groups is 2. The number of carbonyl (C=O) groups excluding carboxylic acids is 1. The van der Waals surface area contributed by atoms with E-state index in [4.69, 9.17) is 9.84 Å². The first-order valence-corrected chi connectivity index (χ1v) is 11.0. The molecule has 3 N–H and O–H groups in total. The van der Waals surface area contributed by atoms with Gasteiger partial charge in [0.05, 0.1) is 18.8 Å². The standard InChI is InChI=1S/C25H34O6/c1-2-31-17-19-9-7-8-18(14-19)15-20(26)12-13-22-21(23(27)16-24(22)28)10-5-3-4-6-11-25(29)30/h3,5,7-9,12-14,20-22,24,26,28H,2,4,6,10-11,15-17H2,1H3,(H,29,30)/b5-3-,13-12+/t20-,21+,22+,24+/m0/s1. The van der Waals surface area contributed by atoms with Crippen molar-refractivity contribution in [3.63, 3.8) is 0 Å². The summed E-state index contributed by atoms with van der Waals surface area (Å²) in [6, 6.07) is 7.90. The molecule has 1 aliphatic rings. The summed E-state index contributed by atoms with van der Waals surface area (Å²) < 4.78 is 5.42. The Balaban J connectivity index is 1.90. The van der Waals surface area contributed by atoms with Crippen LogP contribution in [0, 0.1) is 11.8 Å². The van der Waals surface area contributed by atoms with Crippen molar-refractivity contribution in [2.24, 2.45) is 11.8 Å². The zero-order valence-electron chi connectivity index (χ0n) is 18.2. The molecule has 1 aromatic carbocycles. The predicted molar refractivity (Wildman–Crippen MR) is 118 cm³/mol. The van der Waals surface area contributed by atoms with Crippen LogP contribution in [0.5, 0.6) is 0 Å². The maximum Gasteiger partial charge on any atom is 0.303 e. The number of ketones is 1. The van der Waals surface area contributed by atoms with Gasteiger partial charge in [-0.3, -0.25) is 9.59 Å². The van der Waals surface area contributed by atoms with E-state index in [-0.39, 0.29) is 30.5 Å². The van der Waals surface area contributed by atoms with Crippen LogP contribution < -0.4 is 0 Å². The maximum atomic E-state index is 12.3. The van der Waals surface area contributed by atoms with Crippen molar-refractivity contribution in [2.75, 3.05) is 6.61 Å². The van der Waals surface area contributed by atoms with E-state index in [0.717, 1.165) is 11.1 Å². The molecule has 0 radical (unpaired) electrons. The lowest BCUT2D eigenvalue weighted by Crippen LogP contribution is -2.19. The molecule has 170 valence electrons. The minimum absolute atomic E-state index is 0.0236. The molecule has 0 spiro atoms. The van der Waals surface area contributed by atoms with Crippen LogP contribution in [0.3, 0.4) is 0 Å². The maximum absolute atomic E-state index is 12.3. The van der Waals surface area contributed by atoms with Gasteiger partial charge in [0.1, 0.15) is 5.78 Å². The smallest absolute Gasteiger partial charge is 0.303 e. The Kier molecular flexibility index (Phi) is 10.6. The molecule has 2 rings (SSSR count). The fourth-order valence-electron chi connectivity index (χ4n) is 3.89. The molecule has 0 amide bonds. The number of aliphatic hydroxyl groups excluding tert-OH is 2. The topological polar surface area (TPSA) is 104 Å². The number of carbonyl (C=O) groups is 2. The normalized spacial score (nSPS) is 22.5. The van der Waals surface area contributed by atoms with Gasteiger partial charge in [-0.2, -0.15) is 0 Å². The van der Waals surface area contributed by atoms with Crippen LogP contribution in [0.1, 0.15) is 50.2 Å². The van der Waals surface area contributed by atoms with Gasteiger partial charge in [0.25, 0.3) is 0 Å². The van der Waals surface area contributed by atoms with E-state index >= 15 is 0 Å². The molecule has 1 saturated carbocycles. The highest BCUT2D eigenvalue weighted by molar-refractivity contribution is 5.84. The molecule has 1 aromatic rings. The van der Waals surface area contributed by atoms with Gasteiger partial charge in [0.2, 0.25) is 0 Å². The molecule has 0 aromatic heterocycles. The van der Waals surface area contributed by atoms with E-state index < -0.39 is 18.2 Å². The van der Waals surface area contributed by atoms with Crippen LogP contribution in [0.4, 0.5) is 0 Å². The van der Waals surface area contributed by atoms with Crippen molar-refractivity contribution in [3.8, 4) is 0 Å². The Bertz CT molecular complexity index is 769. The lowest BCUT2D eigenvalue weighted by Gasteiger charge is -2.17. The highest BCUT2D eigenvalue weighted by Crippen LogP contribution is 2.33. The molecule has 4 atom stereocenters. The average Bonchev–Trinajstić information content (AvgIpc) is 2.99. The molecule has 1 fully saturated rings. The van der Waals surface area contributed by atoms with Crippen molar-refractivity contribution in [1.29, 1.82) is 0 Å². The SMILES string of the molecule is CCOCc1cccc(C[C@@H](O)/C=C/[C@H]2[C@H](O)CC(=O)[C@@H]2C/C=C\CCCC(=O)O)c1. The number of unbranched alkanes of at least 4 members (excludes halogenated alkanes) is 1. The molecule has 0 heterocycles. The van der Waals surface area contributed by atoms with E-state index in [1.807, 2.05) is 43.3 Å². The quantitative estimate of drug-likeness (QED) is 0.327. The number of benzene rings is 1. The third kappa shape index (κ3) is 8.77. The molecule has 6 heteroatoms. The first kappa shape index (κ1) is 25.0. The van der Waals surface area contributed by atoms with Gasteiger partial charge >= 0.3 is 5.97 Å². The van der Waals surface area contributed by atoms with E-state index in [2.05, 4.69) is 0 Å². The molecule has 6 nitrogen and oxygen atoms in total. The molecule has 0 saturated heterocycles. The summed E-state index contributed by atoms with van der Waals surface area (Å²) in [6.07, 6.45) is 8.20. The fourth-order valence-corrected chi connectivity index (χ4v) is 3.89. The first-order valence-electron chi connectivity index (χ1n) is 11.0. The summed E-state index contributed by atoms with van der Waals surface area (Å²) in [5.74, 6) is -1.43. The van der Waals surface area contributed by atoms with Crippen molar-refractivity contribution < 1.29 is 29.6 Å². The Morgan fingerprint density at radius 2 is 2.06 bits per heavy atom. The van der Waals surface area contributed by atoms with E-state index in [1.54, 1.807) is 12.2 Å². The highest BCUT2D eigenvalue weighted by Gasteiger charge is 2.39. The highest BCUT2D eigenvalue weighted by atomic mass is 16.5. The Hall–Kier alpha value is -2.28. The zero-order chi connectivity index (χ0) is 22.6. The molecule has 31 heavy (non-hydrogen) atoms. The summed E-state index contributed by atoms with van der Waals surface area (Å²) in [7, 11) is 0. The molecule has 1 aliphatic carbocycles. The number of hydrogen-bond acceptors (Lipinski definition) is 5. The average molecular weight is 431 g/mol. The van der Waals surface area contributed by atoms with Crippen LogP contribution in [-0.2, 0) is 27.4 Å². The number of Topliss-reactive ketones (excluding diaryl/α,β-unsaturated/α-hetero) is 1. The van der Waals surface area contributed by atoms with Crippen molar-refractivity contribution in [2.45, 2.75) is 64.3 Å². The van der Waals surface area contributed by atoms with Crippen molar-refractivity contribution >= 4 is 11.8 Å². The Labute approximate surface area is 184 Å². The second-order valence-corrected chi connectivity index (χ2v) is 8.03. The number of allylic oxidation sites excluding steroid dienone is 2. The van der Waals surface area contributed by atoms with Gasteiger partial charge < -0.3 is 20.1 Å². The van der Waals surface area contributed by atoms with Gasteiger partial charge in [-0.1, -0.05) is 48.6 Å².